The maximum Gasteiger partial charge on any atom is 0.0280 e. The molecule has 11 heavy (non-hydrogen) atoms. The lowest BCUT2D eigenvalue weighted by molar-refractivity contribution is 0.382. The molecule has 0 bridgehead atoms. The van der Waals surface area contributed by atoms with Crippen LogP contribution in [0, 0.1) is 5.92 Å². The molecule has 0 amide bonds. The first kappa shape index (κ1) is 10.5. The van der Waals surface area contributed by atoms with E-state index < -0.39 is 0 Å². The van der Waals surface area contributed by atoms with Crippen LogP contribution < -0.4 is 5.32 Å². The van der Waals surface area contributed by atoms with Gasteiger partial charge in [-0.2, -0.15) is 0 Å². The first-order valence-electron chi connectivity index (χ1n) is 4.53. The Morgan fingerprint density at radius 2 is 1.91 bits per heavy atom. The average Bonchev–Trinajstić information content (AvgIpc) is 1.98. The first-order chi connectivity index (χ1) is 5.11. The van der Waals surface area contributed by atoms with Crippen molar-refractivity contribution in [2.45, 2.75) is 46.6 Å². The van der Waals surface area contributed by atoms with Crippen molar-refractivity contribution in [3.05, 3.63) is 12.3 Å². The molecule has 0 saturated carbocycles. The standard InChI is InChI=1S/C10H21N/c1-6-9(5)10(7-2)11-8(3)4/h9-11H,3,6-7H2,1-2,4-5H3/t9-,10+/m0/s1. The van der Waals surface area contributed by atoms with Crippen molar-refractivity contribution >= 4 is 0 Å². The molecule has 0 aliphatic rings. The largest absolute Gasteiger partial charge is 0.386 e. The fourth-order valence-corrected chi connectivity index (χ4v) is 1.25. The van der Waals surface area contributed by atoms with Gasteiger partial charge in [-0.05, 0) is 19.3 Å². The molecular formula is C10H21N. The van der Waals surface area contributed by atoms with Crippen LogP contribution >= 0.6 is 0 Å². The highest BCUT2D eigenvalue weighted by Gasteiger charge is 2.11. The lowest BCUT2D eigenvalue weighted by Gasteiger charge is -2.23. The second-order valence-electron chi connectivity index (χ2n) is 3.32. The number of hydrogen-bond donors (Lipinski definition) is 1. The Bertz CT molecular complexity index is 118. The highest BCUT2D eigenvalue weighted by atomic mass is 14.9. The maximum absolute atomic E-state index is 3.85. The van der Waals surface area contributed by atoms with Gasteiger partial charge in [-0.15, -0.1) is 0 Å². The van der Waals surface area contributed by atoms with Crippen molar-refractivity contribution in [3.63, 3.8) is 0 Å². The van der Waals surface area contributed by atoms with Gasteiger partial charge in [0.25, 0.3) is 0 Å². The quantitative estimate of drug-likeness (QED) is 0.643. The van der Waals surface area contributed by atoms with E-state index in [-0.39, 0.29) is 0 Å². The third-order valence-electron chi connectivity index (χ3n) is 2.20. The zero-order valence-electron chi connectivity index (χ0n) is 8.28. The van der Waals surface area contributed by atoms with Crippen LogP contribution in [0.25, 0.3) is 0 Å². The Balaban J connectivity index is 3.84. The van der Waals surface area contributed by atoms with Crippen LogP contribution in [0.2, 0.25) is 0 Å². The van der Waals surface area contributed by atoms with Crippen molar-refractivity contribution in [2.24, 2.45) is 5.92 Å². The molecule has 1 nitrogen and oxygen atoms in total. The summed E-state index contributed by atoms with van der Waals surface area (Å²) >= 11 is 0. The lowest BCUT2D eigenvalue weighted by Crippen LogP contribution is -2.32. The first-order valence-corrected chi connectivity index (χ1v) is 4.53. The molecule has 66 valence electrons. The fraction of sp³-hybridized carbons (Fsp3) is 0.800. The smallest absolute Gasteiger partial charge is 0.0280 e. The monoisotopic (exact) mass is 155 g/mol. The normalized spacial score (nSPS) is 15.6. The topological polar surface area (TPSA) is 12.0 Å². The zero-order valence-corrected chi connectivity index (χ0v) is 8.28. The Morgan fingerprint density at radius 1 is 1.36 bits per heavy atom. The van der Waals surface area contributed by atoms with E-state index in [2.05, 4.69) is 32.7 Å². The van der Waals surface area contributed by atoms with Gasteiger partial charge in [-0.3, -0.25) is 0 Å². The third kappa shape index (κ3) is 4.07. The molecule has 0 aliphatic heterocycles. The minimum absolute atomic E-state index is 0.609. The molecule has 2 atom stereocenters. The van der Waals surface area contributed by atoms with Gasteiger partial charge in [0.05, 0.1) is 0 Å². The van der Waals surface area contributed by atoms with Crippen LogP contribution in [0.5, 0.6) is 0 Å². The molecule has 0 rings (SSSR count). The predicted octanol–water partition coefficient (Wildman–Crippen LogP) is 2.93. The van der Waals surface area contributed by atoms with Gasteiger partial charge in [-0.25, -0.2) is 0 Å². The van der Waals surface area contributed by atoms with Crippen LogP contribution in [0.3, 0.4) is 0 Å². The van der Waals surface area contributed by atoms with E-state index in [1.165, 1.54) is 12.8 Å². The molecule has 0 saturated heterocycles. The second-order valence-corrected chi connectivity index (χ2v) is 3.32. The minimum atomic E-state index is 0.609. The van der Waals surface area contributed by atoms with E-state index in [0.29, 0.717) is 6.04 Å². The molecule has 0 radical (unpaired) electrons. The molecule has 0 aromatic heterocycles. The summed E-state index contributed by atoms with van der Waals surface area (Å²) in [5.41, 5.74) is 1.08. The van der Waals surface area contributed by atoms with Gasteiger partial charge in [0, 0.05) is 11.7 Å². The highest BCUT2D eigenvalue weighted by molar-refractivity contribution is 4.89. The van der Waals surface area contributed by atoms with E-state index in [1.54, 1.807) is 0 Å². The van der Waals surface area contributed by atoms with Gasteiger partial charge < -0.3 is 5.32 Å². The van der Waals surface area contributed by atoms with Crippen molar-refractivity contribution in [1.82, 2.24) is 5.32 Å². The summed E-state index contributed by atoms with van der Waals surface area (Å²) < 4.78 is 0. The van der Waals surface area contributed by atoms with Crippen LogP contribution in [0.4, 0.5) is 0 Å². The minimum Gasteiger partial charge on any atom is -0.386 e. The van der Waals surface area contributed by atoms with E-state index in [0.717, 1.165) is 11.6 Å². The van der Waals surface area contributed by atoms with Crippen molar-refractivity contribution in [1.29, 1.82) is 0 Å². The van der Waals surface area contributed by atoms with Crippen LogP contribution in [-0.4, -0.2) is 6.04 Å². The van der Waals surface area contributed by atoms with Gasteiger partial charge >= 0.3 is 0 Å². The third-order valence-corrected chi connectivity index (χ3v) is 2.20. The molecule has 1 heteroatoms. The summed E-state index contributed by atoms with van der Waals surface area (Å²) in [6.45, 7) is 12.6. The summed E-state index contributed by atoms with van der Waals surface area (Å²) in [6, 6.07) is 0.609. The van der Waals surface area contributed by atoms with E-state index in [9.17, 15) is 0 Å². The molecule has 0 aromatic rings. The van der Waals surface area contributed by atoms with E-state index in [1.807, 2.05) is 6.92 Å². The molecule has 0 unspecified atom stereocenters. The van der Waals surface area contributed by atoms with Gasteiger partial charge in [0.1, 0.15) is 0 Å². The average molecular weight is 155 g/mol. The highest BCUT2D eigenvalue weighted by Crippen LogP contribution is 2.11. The summed E-state index contributed by atoms with van der Waals surface area (Å²) in [4.78, 5) is 0. The van der Waals surface area contributed by atoms with Crippen LogP contribution in [0.1, 0.15) is 40.5 Å². The Kier molecular flexibility index (Phi) is 5.01. The number of rotatable bonds is 5. The van der Waals surface area contributed by atoms with E-state index >= 15 is 0 Å². The number of hydrogen-bond acceptors (Lipinski definition) is 1. The van der Waals surface area contributed by atoms with Gasteiger partial charge in [0.2, 0.25) is 0 Å². The molecule has 0 fully saturated rings. The van der Waals surface area contributed by atoms with Gasteiger partial charge in [-0.1, -0.05) is 33.8 Å². The lowest BCUT2D eigenvalue weighted by atomic mass is 9.97. The summed E-state index contributed by atoms with van der Waals surface area (Å²) in [5.74, 6) is 0.747. The summed E-state index contributed by atoms with van der Waals surface area (Å²) in [5, 5.41) is 3.39. The SMILES string of the molecule is C=C(C)N[C@H](CC)[C@@H](C)CC. The molecular weight excluding hydrogens is 134 g/mol. The van der Waals surface area contributed by atoms with Crippen LogP contribution in [-0.2, 0) is 0 Å². The van der Waals surface area contributed by atoms with Crippen molar-refractivity contribution < 1.29 is 0 Å². The summed E-state index contributed by atoms with van der Waals surface area (Å²) in [6.07, 6.45) is 2.42. The molecule has 0 aliphatic carbocycles. The Labute approximate surface area is 70.9 Å². The predicted molar refractivity (Wildman–Crippen MR) is 51.5 cm³/mol. The van der Waals surface area contributed by atoms with E-state index in [4.69, 9.17) is 0 Å². The number of allylic oxidation sites excluding steroid dienone is 1. The Hall–Kier alpha value is -0.460. The van der Waals surface area contributed by atoms with Crippen molar-refractivity contribution in [3.8, 4) is 0 Å². The van der Waals surface area contributed by atoms with Crippen molar-refractivity contribution in [2.75, 3.05) is 0 Å². The zero-order chi connectivity index (χ0) is 8.85. The maximum atomic E-state index is 3.85. The van der Waals surface area contributed by atoms with Gasteiger partial charge in [0.15, 0.2) is 0 Å². The molecule has 1 N–H and O–H groups in total. The van der Waals surface area contributed by atoms with Crippen LogP contribution in [0.15, 0.2) is 12.3 Å². The second kappa shape index (κ2) is 5.22. The number of nitrogens with one attached hydrogen (secondary N) is 1. The molecule has 0 heterocycles. The fourth-order valence-electron chi connectivity index (χ4n) is 1.25. The molecule has 0 aromatic carbocycles. The Morgan fingerprint density at radius 3 is 2.18 bits per heavy atom. The molecule has 0 spiro atoms. The summed E-state index contributed by atoms with van der Waals surface area (Å²) in [7, 11) is 0.